The Morgan fingerprint density at radius 1 is 1.13 bits per heavy atom. The average Bonchev–Trinajstić information content (AvgIpc) is 3.05. The summed E-state index contributed by atoms with van der Waals surface area (Å²) in [5, 5.41) is 0.613. The van der Waals surface area contributed by atoms with Gasteiger partial charge in [0.05, 0.1) is 22.3 Å². The van der Waals surface area contributed by atoms with Crippen molar-refractivity contribution in [3.05, 3.63) is 68.7 Å². The fourth-order valence-corrected chi connectivity index (χ4v) is 3.32. The Morgan fingerprint density at radius 3 is 2.50 bits per heavy atom. The minimum atomic E-state index is -0.794. The third kappa shape index (κ3) is 3.51. The number of nitrogens with zero attached hydrogens (tertiary/aromatic N) is 3. The first-order valence-corrected chi connectivity index (χ1v) is 9.66. The van der Waals surface area contributed by atoms with Gasteiger partial charge in [0.1, 0.15) is 11.3 Å². The van der Waals surface area contributed by atoms with Crippen LogP contribution in [0, 0.1) is 0 Å². The Balaban J connectivity index is 1.96. The fourth-order valence-electron chi connectivity index (χ4n) is 3.02. The van der Waals surface area contributed by atoms with Gasteiger partial charge in [-0.2, -0.15) is 0 Å². The van der Waals surface area contributed by atoms with Gasteiger partial charge in [-0.05, 0) is 49.4 Å². The van der Waals surface area contributed by atoms with Crippen LogP contribution in [0.15, 0.2) is 47.3 Å². The van der Waals surface area contributed by atoms with Gasteiger partial charge in [0.2, 0.25) is 0 Å². The maximum absolute atomic E-state index is 12.7. The van der Waals surface area contributed by atoms with Crippen LogP contribution in [-0.4, -0.2) is 32.0 Å². The molecule has 4 rings (SSSR count). The van der Waals surface area contributed by atoms with E-state index < -0.39 is 11.6 Å². The zero-order chi connectivity index (χ0) is 21.4. The van der Waals surface area contributed by atoms with Crippen LogP contribution in [-0.2, 0) is 0 Å². The van der Waals surface area contributed by atoms with E-state index in [2.05, 4.69) is 15.0 Å². The molecule has 30 heavy (non-hydrogen) atoms. The maximum atomic E-state index is 12.7. The molecule has 0 atom stereocenters. The molecule has 0 aliphatic carbocycles. The van der Waals surface area contributed by atoms with E-state index >= 15 is 0 Å². The number of benzene rings is 2. The number of aromatic nitrogens is 4. The molecular weight excluding hydrogens is 429 g/mol. The van der Waals surface area contributed by atoms with Crippen LogP contribution in [0.2, 0.25) is 10.0 Å². The number of hydrogen-bond acceptors (Lipinski definition) is 5. The smallest absolute Gasteiger partial charge is 0.332 e. The Labute approximate surface area is 180 Å². The second kappa shape index (κ2) is 7.81. The van der Waals surface area contributed by atoms with Crippen molar-refractivity contribution in [1.29, 1.82) is 0 Å². The summed E-state index contributed by atoms with van der Waals surface area (Å²) in [5.41, 5.74) is 6.26. The monoisotopic (exact) mass is 443 g/mol. The number of halogens is 2. The summed E-state index contributed by atoms with van der Waals surface area (Å²) in [5.74, 6) is 0.121. The van der Waals surface area contributed by atoms with E-state index in [1.165, 1.54) is 10.6 Å². The van der Waals surface area contributed by atoms with Crippen LogP contribution in [0.4, 0.5) is 0 Å². The molecule has 1 amide bonds. The molecule has 0 bridgehead atoms. The molecule has 0 aliphatic heterocycles. The van der Waals surface area contributed by atoms with Gasteiger partial charge in [-0.3, -0.25) is 4.79 Å². The molecule has 0 saturated heterocycles. The summed E-state index contributed by atoms with van der Waals surface area (Å²) in [6.45, 7) is 2.42. The third-order valence-electron chi connectivity index (χ3n) is 4.36. The SMILES string of the molecule is CCOc1ccc(-c2nc(C(N)=O)c3[nH]c(=O)n(-c4ccc(Cl)c(Cl)c4)c3n2)cc1. The summed E-state index contributed by atoms with van der Waals surface area (Å²) in [6, 6.07) is 11.7. The number of hydrogen-bond donors (Lipinski definition) is 2. The lowest BCUT2D eigenvalue weighted by Gasteiger charge is -2.08. The van der Waals surface area contributed by atoms with E-state index in [0.717, 1.165) is 0 Å². The predicted octanol–water partition coefficient (Wildman–Crippen LogP) is 3.58. The Hall–Kier alpha value is -3.36. The van der Waals surface area contributed by atoms with Crippen molar-refractivity contribution in [3.8, 4) is 22.8 Å². The molecule has 2 aromatic heterocycles. The highest BCUT2D eigenvalue weighted by molar-refractivity contribution is 6.42. The minimum absolute atomic E-state index is 0.0974. The molecular formula is C20H15Cl2N5O3. The van der Waals surface area contributed by atoms with Crippen LogP contribution < -0.4 is 16.2 Å². The first-order valence-electron chi connectivity index (χ1n) is 8.90. The highest BCUT2D eigenvalue weighted by atomic mass is 35.5. The number of primary amides is 1. The first kappa shape index (κ1) is 19.9. The van der Waals surface area contributed by atoms with E-state index in [0.29, 0.717) is 28.6 Å². The second-order valence-corrected chi connectivity index (χ2v) is 7.09. The van der Waals surface area contributed by atoms with Crippen molar-refractivity contribution in [2.24, 2.45) is 5.73 Å². The van der Waals surface area contributed by atoms with E-state index in [1.54, 1.807) is 36.4 Å². The van der Waals surface area contributed by atoms with Crippen molar-refractivity contribution in [3.63, 3.8) is 0 Å². The second-order valence-electron chi connectivity index (χ2n) is 6.28. The molecule has 0 fully saturated rings. The number of nitrogens with one attached hydrogen (secondary N) is 1. The Morgan fingerprint density at radius 2 is 1.87 bits per heavy atom. The van der Waals surface area contributed by atoms with Crippen molar-refractivity contribution < 1.29 is 9.53 Å². The quantitative estimate of drug-likeness (QED) is 0.488. The van der Waals surface area contributed by atoms with Gasteiger partial charge >= 0.3 is 5.69 Å². The molecule has 0 spiro atoms. The summed E-state index contributed by atoms with van der Waals surface area (Å²) >= 11 is 12.1. The lowest BCUT2D eigenvalue weighted by molar-refractivity contribution is 0.0997. The zero-order valence-electron chi connectivity index (χ0n) is 15.6. The minimum Gasteiger partial charge on any atom is -0.494 e. The lowest BCUT2D eigenvalue weighted by atomic mass is 10.2. The largest absolute Gasteiger partial charge is 0.494 e. The van der Waals surface area contributed by atoms with Gasteiger partial charge in [0.15, 0.2) is 17.2 Å². The Bertz CT molecular complexity index is 1330. The molecule has 3 N–H and O–H groups in total. The van der Waals surface area contributed by atoms with E-state index in [4.69, 9.17) is 33.7 Å². The van der Waals surface area contributed by atoms with Gasteiger partial charge in [-0.25, -0.2) is 19.3 Å². The number of nitrogens with two attached hydrogens (primary N) is 1. The van der Waals surface area contributed by atoms with Gasteiger partial charge in [-0.1, -0.05) is 23.2 Å². The molecule has 152 valence electrons. The topological polar surface area (TPSA) is 116 Å². The first-order chi connectivity index (χ1) is 14.4. The van der Waals surface area contributed by atoms with Crippen molar-refractivity contribution in [2.75, 3.05) is 6.61 Å². The summed E-state index contributed by atoms with van der Waals surface area (Å²) in [7, 11) is 0. The fraction of sp³-hybridized carbons (Fsp3) is 0.100. The van der Waals surface area contributed by atoms with Crippen molar-refractivity contribution >= 4 is 40.3 Å². The summed E-state index contributed by atoms with van der Waals surface area (Å²) in [6.07, 6.45) is 0. The van der Waals surface area contributed by atoms with Gasteiger partial charge in [0.25, 0.3) is 5.91 Å². The number of ether oxygens (including phenoxy) is 1. The van der Waals surface area contributed by atoms with E-state index in [9.17, 15) is 9.59 Å². The molecule has 4 aromatic rings. The van der Waals surface area contributed by atoms with Gasteiger partial charge in [-0.15, -0.1) is 0 Å². The van der Waals surface area contributed by atoms with Crippen molar-refractivity contribution in [1.82, 2.24) is 19.5 Å². The third-order valence-corrected chi connectivity index (χ3v) is 5.09. The number of H-pyrrole nitrogens is 1. The number of rotatable bonds is 5. The molecule has 2 heterocycles. The Kier molecular flexibility index (Phi) is 5.19. The van der Waals surface area contributed by atoms with Crippen molar-refractivity contribution in [2.45, 2.75) is 6.92 Å². The van der Waals surface area contributed by atoms with E-state index in [-0.39, 0.29) is 27.7 Å². The van der Waals surface area contributed by atoms with Crippen LogP contribution >= 0.6 is 23.2 Å². The standard InChI is InChI=1S/C20H15Cl2N5O3/c1-2-30-12-6-3-10(4-7-12)18-24-15(17(23)28)16-19(26-18)27(20(29)25-16)11-5-8-13(21)14(22)9-11/h3-9H,2H2,1H3,(H2,23,28)(H,25,29). The number of amides is 1. The number of aromatic amines is 1. The van der Waals surface area contributed by atoms with Gasteiger partial charge in [0, 0.05) is 5.56 Å². The lowest BCUT2D eigenvalue weighted by Crippen LogP contribution is -2.15. The highest BCUT2D eigenvalue weighted by Gasteiger charge is 2.20. The normalized spacial score (nSPS) is 11.0. The molecule has 0 saturated carbocycles. The summed E-state index contributed by atoms with van der Waals surface area (Å²) < 4.78 is 6.72. The number of carbonyl (C=O) groups is 1. The molecule has 0 radical (unpaired) electrons. The average molecular weight is 444 g/mol. The molecule has 8 nitrogen and oxygen atoms in total. The zero-order valence-corrected chi connectivity index (χ0v) is 17.2. The number of fused-ring (bicyclic) bond motifs is 1. The molecule has 10 heteroatoms. The predicted molar refractivity (Wildman–Crippen MR) is 115 cm³/mol. The summed E-state index contributed by atoms with van der Waals surface area (Å²) in [4.78, 5) is 36.1. The van der Waals surface area contributed by atoms with E-state index in [1.807, 2.05) is 6.92 Å². The molecule has 0 aliphatic rings. The number of carbonyl (C=O) groups excluding carboxylic acids is 1. The molecule has 0 unspecified atom stereocenters. The van der Waals surface area contributed by atoms with Crippen LogP contribution in [0.1, 0.15) is 17.4 Å². The van der Waals surface area contributed by atoms with Crippen LogP contribution in [0.5, 0.6) is 5.75 Å². The van der Waals surface area contributed by atoms with Crippen LogP contribution in [0.3, 0.4) is 0 Å². The number of imidazole rings is 1. The van der Waals surface area contributed by atoms with Gasteiger partial charge < -0.3 is 15.5 Å². The maximum Gasteiger partial charge on any atom is 0.332 e. The van der Waals surface area contributed by atoms with Crippen LogP contribution in [0.25, 0.3) is 28.2 Å². The highest BCUT2D eigenvalue weighted by Crippen LogP contribution is 2.27. The molecule has 2 aromatic carbocycles.